The molecule has 0 spiro atoms. The van der Waals surface area contributed by atoms with E-state index in [-0.39, 0.29) is 0 Å². The third-order valence-corrected chi connectivity index (χ3v) is 1.47. The minimum absolute atomic E-state index is 0.695. The third-order valence-electron chi connectivity index (χ3n) is 1.47. The first-order valence-electron chi connectivity index (χ1n) is 4.16. The molecule has 0 amide bonds. The Morgan fingerprint density at radius 1 is 1.50 bits per heavy atom. The van der Waals surface area contributed by atoms with Gasteiger partial charge in [-0.3, -0.25) is 0 Å². The largest absolute Gasteiger partial charge is 0.446 e. The van der Waals surface area contributed by atoms with E-state index < -0.39 is 0 Å². The van der Waals surface area contributed by atoms with Crippen LogP contribution in [0.2, 0.25) is 0 Å². The maximum absolute atomic E-state index is 5.08. The van der Waals surface area contributed by atoms with Gasteiger partial charge in [-0.15, -0.1) is 0 Å². The monoisotopic (exact) mass is 166 g/mol. The fraction of sp³-hybridized carbons (Fsp3) is 0.444. The molecule has 0 bridgehead atoms. The SMILES string of the molecule is CC.CN1C=c2ccoc2=NC1. The van der Waals surface area contributed by atoms with Crippen molar-refractivity contribution in [1.29, 1.82) is 0 Å². The molecule has 66 valence electrons. The Morgan fingerprint density at radius 2 is 2.25 bits per heavy atom. The summed E-state index contributed by atoms with van der Waals surface area (Å²) in [6.07, 6.45) is 3.68. The van der Waals surface area contributed by atoms with Gasteiger partial charge in [0.05, 0.1) is 11.5 Å². The van der Waals surface area contributed by atoms with Crippen molar-refractivity contribution in [3.05, 3.63) is 23.1 Å². The van der Waals surface area contributed by atoms with E-state index in [9.17, 15) is 0 Å². The molecular formula is C9H14N2O. The van der Waals surface area contributed by atoms with Crippen LogP contribution in [0.3, 0.4) is 0 Å². The lowest BCUT2D eigenvalue weighted by atomic mass is 10.4. The Balaban J connectivity index is 0.000000336. The average molecular weight is 166 g/mol. The summed E-state index contributed by atoms with van der Waals surface area (Å²) in [7, 11) is 1.99. The molecule has 1 aliphatic rings. The van der Waals surface area contributed by atoms with Crippen LogP contribution in [0.15, 0.2) is 21.7 Å². The van der Waals surface area contributed by atoms with Gasteiger partial charge in [-0.05, 0) is 6.07 Å². The van der Waals surface area contributed by atoms with Crippen molar-refractivity contribution < 1.29 is 4.42 Å². The van der Waals surface area contributed by atoms with Gasteiger partial charge in [-0.25, -0.2) is 4.99 Å². The summed E-state index contributed by atoms with van der Waals surface area (Å²) >= 11 is 0. The summed E-state index contributed by atoms with van der Waals surface area (Å²) in [4.78, 5) is 6.17. The third kappa shape index (κ3) is 1.67. The lowest BCUT2D eigenvalue weighted by Crippen LogP contribution is -2.31. The molecule has 0 atom stereocenters. The second-order valence-corrected chi connectivity index (χ2v) is 2.37. The van der Waals surface area contributed by atoms with Crippen molar-refractivity contribution in [1.82, 2.24) is 4.90 Å². The Hall–Kier alpha value is -1.25. The zero-order valence-electron chi connectivity index (χ0n) is 7.74. The molecule has 0 fully saturated rings. The first kappa shape index (κ1) is 8.84. The zero-order chi connectivity index (χ0) is 8.97. The Kier molecular flexibility index (Phi) is 2.91. The first-order valence-corrected chi connectivity index (χ1v) is 4.16. The maximum Gasteiger partial charge on any atom is 0.224 e. The van der Waals surface area contributed by atoms with Gasteiger partial charge in [-0.1, -0.05) is 13.8 Å². The average Bonchev–Trinajstić information content (AvgIpc) is 2.54. The van der Waals surface area contributed by atoms with Crippen molar-refractivity contribution in [2.75, 3.05) is 13.7 Å². The summed E-state index contributed by atoms with van der Waals surface area (Å²) in [5, 5.41) is 1.06. The van der Waals surface area contributed by atoms with Crippen LogP contribution in [-0.4, -0.2) is 18.6 Å². The molecule has 0 N–H and O–H groups in total. The molecule has 1 aromatic rings. The van der Waals surface area contributed by atoms with Crippen LogP contribution in [0, 0.1) is 0 Å². The van der Waals surface area contributed by atoms with Crippen LogP contribution in [-0.2, 0) is 0 Å². The number of furan rings is 1. The first-order chi connectivity index (χ1) is 5.86. The molecule has 2 rings (SSSR count). The summed E-state index contributed by atoms with van der Waals surface area (Å²) < 4.78 is 5.08. The fourth-order valence-corrected chi connectivity index (χ4v) is 0.992. The molecule has 3 nitrogen and oxygen atoms in total. The van der Waals surface area contributed by atoms with E-state index in [1.165, 1.54) is 0 Å². The van der Waals surface area contributed by atoms with Gasteiger partial charge in [-0.2, -0.15) is 0 Å². The number of hydrogen-bond acceptors (Lipinski definition) is 3. The van der Waals surface area contributed by atoms with E-state index >= 15 is 0 Å². The van der Waals surface area contributed by atoms with E-state index in [2.05, 4.69) is 4.99 Å². The molecule has 12 heavy (non-hydrogen) atoms. The predicted molar refractivity (Wildman–Crippen MR) is 47.9 cm³/mol. The smallest absolute Gasteiger partial charge is 0.224 e. The molecule has 0 aliphatic carbocycles. The van der Waals surface area contributed by atoms with Crippen molar-refractivity contribution >= 4 is 6.20 Å². The number of fused-ring (bicyclic) bond motifs is 1. The second-order valence-electron chi connectivity index (χ2n) is 2.37. The minimum atomic E-state index is 0.695. The molecule has 0 saturated heterocycles. The molecule has 0 radical (unpaired) electrons. The standard InChI is InChI=1S/C7H8N2O.C2H6/c1-9-4-6-2-3-10-7(6)8-5-9;1-2/h2-4H,5H2,1H3;1-2H3. The molecule has 2 heterocycles. The summed E-state index contributed by atoms with van der Waals surface area (Å²) in [5.74, 6) is 0. The molecule has 0 unspecified atom stereocenters. The quantitative estimate of drug-likeness (QED) is 0.563. The number of hydrogen-bond donors (Lipinski definition) is 0. The molecule has 1 aromatic heterocycles. The van der Waals surface area contributed by atoms with Crippen LogP contribution < -0.4 is 10.8 Å². The fourth-order valence-electron chi connectivity index (χ4n) is 0.992. The van der Waals surface area contributed by atoms with E-state index in [1.807, 2.05) is 38.1 Å². The van der Waals surface area contributed by atoms with E-state index in [1.54, 1.807) is 6.26 Å². The van der Waals surface area contributed by atoms with E-state index in [0.717, 1.165) is 10.8 Å². The number of nitrogens with zero attached hydrogens (tertiary/aromatic N) is 2. The highest BCUT2D eigenvalue weighted by molar-refractivity contribution is 5.19. The molecular weight excluding hydrogens is 152 g/mol. The molecule has 3 heteroatoms. The van der Waals surface area contributed by atoms with E-state index in [0.29, 0.717) is 6.67 Å². The van der Waals surface area contributed by atoms with Gasteiger partial charge in [0, 0.05) is 13.2 Å². The van der Waals surface area contributed by atoms with Crippen LogP contribution in [0.5, 0.6) is 0 Å². The van der Waals surface area contributed by atoms with Crippen LogP contribution >= 0.6 is 0 Å². The second kappa shape index (κ2) is 3.95. The van der Waals surface area contributed by atoms with Crippen LogP contribution in [0.4, 0.5) is 0 Å². The predicted octanol–water partition coefficient (Wildman–Crippen LogP) is 0.566. The molecule has 0 saturated carbocycles. The Labute approximate surface area is 72.0 Å². The summed E-state index contributed by atoms with van der Waals surface area (Å²) in [6.45, 7) is 4.69. The van der Waals surface area contributed by atoms with E-state index in [4.69, 9.17) is 4.42 Å². The molecule has 1 aliphatic heterocycles. The van der Waals surface area contributed by atoms with Gasteiger partial charge in [0.15, 0.2) is 0 Å². The van der Waals surface area contributed by atoms with Crippen LogP contribution in [0.1, 0.15) is 13.8 Å². The van der Waals surface area contributed by atoms with Gasteiger partial charge in [0.2, 0.25) is 5.55 Å². The summed E-state index contributed by atoms with van der Waals surface area (Å²) in [6, 6.07) is 1.91. The Bertz CT molecular complexity index is 340. The van der Waals surface area contributed by atoms with Crippen molar-refractivity contribution in [2.45, 2.75) is 13.8 Å². The normalized spacial score (nSPS) is 13.4. The molecule has 0 aromatic carbocycles. The van der Waals surface area contributed by atoms with Gasteiger partial charge < -0.3 is 9.32 Å². The maximum atomic E-state index is 5.08. The van der Waals surface area contributed by atoms with Crippen LogP contribution in [0.25, 0.3) is 6.20 Å². The zero-order valence-corrected chi connectivity index (χ0v) is 7.74. The number of rotatable bonds is 0. The van der Waals surface area contributed by atoms with Gasteiger partial charge in [0.25, 0.3) is 0 Å². The lowest BCUT2D eigenvalue weighted by Gasteiger charge is -2.10. The highest BCUT2D eigenvalue weighted by Gasteiger charge is 1.98. The van der Waals surface area contributed by atoms with Crippen molar-refractivity contribution in [2.24, 2.45) is 4.99 Å². The highest BCUT2D eigenvalue weighted by Crippen LogP contribution is 1.86. The Morgan fingerprint density at radius 3 is 3.00 bits per heavy atom. The van der Waals surface area contributed by atoms with Gasteiger partial charge >= 0.3 is 0 Å². The highest BCUT2D eigenvalue weighted by atomic mass is 16.3. The lowest BCUT2D eigenvalue weighted by molar-refractivity contribution is 0.443. The van der Waals surface area contributed by atoms with Crippen molar-refractivity contribution in [3.8, 4) is 0 Å². The topological polar surface area (TPSA) is 28.7 Å². The van der Waals surface area contributed by atoms with Gasteiger partial charge in [0.1, 0.15) is 6.67 Å². The summed E-state index contributed by atoms with van der Waals surface area (Å²) in [5.41, 5.74) is 0.748. The van der Waals surface area contributed by atoms with Crippen molar-refractivity contribution in [3.63, 3.8) is 0 Å². The minimum Gasteiger partial charge on any atom is -0.446 e.